The molecule has 2 aliphatic rings. The number of carbonyl (C=O) groups excluding carboxylic acids is 1. The molecule has 4 nitrogen and oxygen atoms in total. The summed E-state index contributed by atoms with van der Waals surface area (Å²) < 4.78 is 27.4. The minimum absolute atomic E-state index is 0.0430. The molecule has 1 aromatic heterocycles. The normalized spacial score (nSPS) is 22.2. The summed E-state index contributed by atoms with van der Waals surface area (Å²) in [5.74, 6) is -2.60. The first kappa shape index (κ1) is 16.6. The maximum atomic E-state index is 13.2. The van der Waals surface area contributed by atoms with E-state index in [-0.39, 0.29) is 37.8 Å². The van der Waals surface area contributed by atoms with Crippen LogP contribution in [-0.4, -0.2) is 47.9 Å². The van der Waals surface area contributed by atoms with Crippen molar-refractivity contribution in [3.8, 4) is 0 Å². The van der Waals surface area contributed by atoms with E-state index < -0.39 is 5.92 Å². The van der Waals surface area contributed by atoms with Crippen molar-refractivity contribution in [2.75, 3.05) is 31.1 Å². The smallest absolute Gasteiger partial charge is 0.251 e. The summed E-state index contributed by atoms with van der Waals surface area (Å²) in [4.78, 5) is 20.4. The Morgan fingerprint density at radius 1 is 1.22 bits per heavy atom. The second-order valence-electron chi connectivity index (χ2n) is 6.27. The van der Waals surface area contributed by atoms with Crippen LogP contribution in [-0.2, 0) is 4.79 Å². The van der Waals surface area contributed by atoms with Gasteiger partial charge in [0.15, 0.2) is 0 Å². The summed E-state index contributed by atoms with van der Waals surface area (Å²) in [6.45, 7) is 1.95. The van der Waals surface area contributed by atoms with Gasteiger partial charge >= 0.3 is 0 Å². The number of aromatic nitrogens is 1. The van der Waals surface area contributed by atoms with Gasteiger partial charge in [0.1, 0.15) is 0 Å². The summed E-state index contributed by atoms with van der Waals surface area (Å²) in [7, 11) is 0. The molecule has 1 aromatic rings. The van der Waals surface area contributed by atoms with Gasteiger partial charge in [0, 0.05) is 57.3 Å². The third-order valence-corrected chi connectivity index (χ3v) is 5.35. The van der Waals surface area contributed by atoms with Gasteiger partial charge in [-0.2, -0.15) is 0 Å². The lowest BCUT2D eigenvalue weighted by Gasteiger charge is -2.38. The van der Waals surface area contributed by atoms with Crippen molar-refractivity contribution in [3.63, 3.8) is 0 Å². The van der Waals surface area contributed by atoms with Crippen molar-refractivity contribution in [2.45, 2.75) is 31.6 Å². The van der Waals surface area contributed by atoms with Crippen LogP contribution in [0.1, 0.15) is 25.7 Å². The zero-order chi connectivity index (χ0) is 16.4. The summed E-state index contributed by atoms with van der Waals surface area (Å²) >= 11 is 3.50. The van der Waals surface area contributed by atoms with E-state index in [0.29, 0.717) is 0 Å². The number of halogens is 3. The predicted molar refractivity (Wildman–Crippen MR) is 87.6 cm³/mol. The third kappa shape index (κ3) is 3.82. The number of alkyl halides is 2. The maximum absolute atomic E-state index is 13.2. The molecule has 2 aliphatic heterocycles. The highest BCUT2D eigenvalue weighted by Crippen LogP contribution is 2.32. The Labute approximate surface area is 143 Å². The summed E-state index contributed by atoms with van der Waals surface area (Å²) in [5, 5.41) is 0. The molecule has 3 rings (SSSR count). The number of anilines is 1. The average molecular weight is 388 g/mol. The van der Waals surface area contributed by atoms with Crippen LogP contribution in [0, 0.1) is 5.92 Å². The van der Waals surface area contributed by atoms with Crippen LogP contribution in [0.4, 0.5) is 14.5 Å². The third-order valence-electron chi connectivity index (χ3n) is 4.74. The molecule has 7 heteroatoms. The molecule has 2 saturated heterocycles. The molecule has 0 radical (unpaired) electrons. The van der Waals surface area contributed by atoms with Crippen molar-refractivity contribution in [1.82, 2.24) is 9.88 Å². The van der Waals surface area contributed by atoms with Crippen LogP contribution in [0.5, 0.6) is 0 Å². The highest BCUT2D eigenvalue weighted by molar-refractivity contribution is 9.10. The molecular formula is C16H20BrF2N3O. The topological polar surface area (TPSA) is 36.4 Å². The van der Waals surface area contributed by atoms with Gasteiger partial charge in [-0.25, -0.2) is 8.78 Å². The van der Waals surface area contributed by atoms with E-state index in [9.17, 15) is 13.6 Å². The van der Waals surface area contributed by atoms with Gasteiger partial charge in [0.05, 0.1) is 10.2 Å². The van der Waals surface area contributed by atoms with Gasteiger partial charge in [-0.05, 0) is 34.8 Å². The Morgan fingerprint density at radius 3 is 2.48 bits per heavy atom. The predicted octanol–water partition coefficient (Wildman–Crippen LogP) is 3.32. The van der Waals surface area contributed by atoms with E-state index in [0.717, 1.165) is 36.1 Å². The summed E-state index contributed by atoms with van der Waals surface area (Å²) in [6.07, 6.45) is 4.63. The number of piperidine rings is 2. The van der Waals surface area contributed by atoms with Crippen molar-refractivity contribution < 1.29 is 13.6 Å². The molecule has 0 N–H and O–H groups in total. The monoisotopic (exact) mass is 387 g/mol. The molecule has 0 atom stereocenters. The van der Waals surface area contributed by atoms with E-state index in [4.69, 9.17) is 0 Å². The Hall–Kier alpha value is -1.24. The van der Waals surface area contributed by atoms with Crippen LogP contribution in [0.25, 0.3) is 0 Å². The molecule has 3 heterocycles. The van der Waals surface area contributed by atoms with E-state index in [2.05, 4.69) is 25.8 Å². The lowest BCUT2D eigenvalue weighted by molar-refractivity contribution is -0.142. The van der Waals surface area contributed by atoms with Crippen LogP contribution in [0.3, 0.4) is 0 Å². The first-order valence-corrected chi connectivity index (χ1v) is 8.77. The second-order valence-corrected chi connectivity index (χ2v) is 7.12. The number of hydrogen-bond acceptors (Lipinski definition) is 3. The van der Waals surface area contributed by atoms with Crippen molar-refractivity contribution >= 4 is 27.5 Å². The quantitative estimate of drug-likeness (QED) is 0.780. The molecule has 0 aromatic carbocycles. The molecule has 1 amide bonds. The standard InChI is InChI=1S/C16H20BrF2N3O/c17-13-11-20-6-1-14(13)21-7-2-12(3-8-21)15(23)22-9-4-16(18,19)5-10-22/h1,6,11-12H,2-5,7-10H2. The zero-order valence-electron chi connectivity index (χ0n) is 12.9. The molecule has 0 saturated carbocycles. The van der Waals surface area contributed by atoms with Crippen LogP contribution in [0.2, 0.25) is 0 Å². The Kier molecular flexibility index (Phi) is 4.85. The fourth-order valence-corrected chi connectivity index (χ4v) is 3.81. The number of nitrogens with zero attached hydrogens (tertiary/aromatic N) is 3. The highest BCUT2D eigenvalue weighted by Gasteiger charge is 2.37. The Morgan fingerprint density at radius 2 is 1.87 bits per heavy atom. The average Bonchev–Trinajstić information content (AvgIpc) is 2.55. The second kappa shape index (κ2) is 6.71. The summed E-state index contributed by atoms with van der Waals surface area (Å²) in [5.41, 5.74) is 1.09. The maximum Gasteiger partial charge on any atom is 0.251 e. The molecule has 0 aliphatic carbocycles. The lowest BCUT2D eigenvalue weighted by Crippen LogP contribution is -2.47. The molecule has 0 unspecified atom stereocenters. The van der Waals surface area contributed by atoms with Gasteiger partial charge in [0.25, 0.3) is 5.92 Å². The minimum Gasteiger partial charge on any atom is -0.370 e. The first-order chi connectivity index (χ1) is 11.0. The molecule has 23 heavy (non-hydrogen) atoms. The lowest BCUT2D eigenvalue weighted by atomic mass is 9.93. The van der Waals surface area contributed by atoms with Crippen LogP contribution < -0.4 is 4.90 Å². The van der Waals surface area contributed by atoms with Crippen molar-refractivity contribution in [1.29, 1.82) is 0 Å². The fourth-order valence-electron chi connectivity index (χ4n) is 3.30. The van der Waals surface area contributed by atoms with Crippen molar-refractivity contribution in [3.05, 3.63) is 22.9 Å². The van der Waals surface area contributed by atoms with E-state index >= 15 is 0 Å². The molecule has 0 spiro atoms. The minimum atomic E-state index is -2.60. The molecular weight excluding hydrogens is 368 g/mol. The van der Waals surface area contributed by atoms with Crippen LogP contribution >= 0.6 is 15.9 Å². The van der Waals surface area contributed by atoms with Gasteiger partial charge < -0.3 is 9.80 Å². The fraction of sp³-hybridized carbons (Fsp3) is 0.625. The largest absolute Gasteiger partial charge is 0.370 e. The zero-order valence-corrected chi connectivity index (χ0v) is 14.4. The Balaban J connectivity index is 1.55. The number of likely N-dealkylation sites (tertiary alicyclic amines) is 1. The molecule has 2 fully saturated rings. The van der Waals surface area contributed by atoms with Gasteiger partial charge in [0.2, 0.25) is 5.91 Å². The SMILES string of the molecule is O=C(C1CCN(c2ccncc2Br)CC1)N1CCC(F)(F)CC1. The highest BCUT2D eigenvalue weighted by atomic mass is 79.9. The number of carbonyl (C=O) groups is 1. The number of pyridine rings is 1. The van der Waals surface area contributed by atoms with Crippen LogP contribution in [0.15, 0.2) is 22.9 Å². The van der Waals surface area contributed by atoms with E-state index in [1.54, 1.807) is 17.3 Å². The van der Waals surface area contributed by atoms with Crippen molar-refractivity contribution in [2.24, 2.45) is 5.92 Å². The Bertz CT molecular complexity index is 566. The first-order valence-electron chi connectivity index (χ1n) is 7.97. The number of rotatable bonds is 2. The molecule has 0 bridgehead atoms. The van der Waals surface area contributed by atoms with Gasteiger partial charge in [-0.15, -0.1) is 0 Å². The van der Waals surface area contributed by atoms with E-state index in [1.807, 2.05) is 6.07 Å². The van der Waals surface area contributed by atoms with Gasteiger partial charge in [-0.3, -0.25) is 9.78 Å². The number of amides is 1. The number of hydrogen-bond donors (Lipinski definition) is 0. The molecule has 126 valence electrons. The van der Waals surface area contributed by atoms with Gasteiger partial charge in [-0.1, -0.05) is 0 Å². The van der Waals surface area contributed by atoms with E-state index in [1.165, 1.54) is 0 Å². The summed E-state index contributed by atoms with van der Waals surface area (Å²) in [6, 6.07) is 1.96.